The van der Waals surface area contributed by atoms with Crippen molar-refractivity contribution in [3.63, 3.8) is 0 Å². The molecule has 0 unspecified atom stereocenters. The smallest absolute Gasteiger partial charge is 0.191 e. The summed E-state index contributed by atoms with van der Waals surface area (Å²) in [4.78, 5) is 0. The van der Waals surface area contributed by atoms with Crippen LogP contribution in [0.5, 0.6) is 0 Å². The fraction of sp³-hybridized carbons (Fsp3) is 0.750. The molecule has 0 fully saturated rings. The lowest BCUT2D eigenvalue weighted by molar-refractivity contribution is 0.282. The summed E-state index contributed by atoms with van der Waals surface area (Å²) >= 11 is 0. The fourth-order valence-corrected chi connectivity index (χ4v) is 2.52. The Morgan fingerprint density at radius 1 is 1.22 bits per heavy atom. The molecule has 0 N–H and O–H groups in total. The van der Waals surface area contributed by atoms with Crippen LogP contribution in [0.3, 0.4) is 0 Å². The van der Waals surface area contributed by atoms with Crippen molar-refractivity contribution in [1.29, 1.82) is 0 Å². The average molecular weight is 267 g/mol. The first-order valence-corrected chi connectivity index (χ1v) is 9.85. The summed E-state index contributed by atoms with van der Waals surface area (Å²) in [5.41, 5.74) is 1.31. The zero-order valence-electron chi connectivity index (χ0n) is 12.9. The van der Waals surface area contributed by atoms with E-state index in [1.165, 1.54) is 5.57 Å². The second-order valence-corrected chi connectivity index (χ2v) is 11.3. The van der Waals surface area contributed by atoms with Crippen LogP contribution >= 0.6 is 0 Å². The Hall–Kier alpha value is -0.523. The van der Waals surface area contributed by atoms with E-state index in [4.69, 9.17) is 10.8 Å². The third-order valence-corrected chi connectivity index (χ3v) is 8.33. The van der Waals surface area contributed by atoms with Crippen LogP contribution in [0.2, 0.25) is 18.1 Å². The minimum atomic E-state index is -1.56. The quantitative estimate of drug-likeness (QED) is 0.255. The van der Waals surface area contributed by atoms with Crippen molar-refractivity contribution in [2.45, 2.75) is 71.0 Å². The van der Waals surface area contributed by atoms with Crippen LogP contribution in [-0.2, 0) is 4.43 Å². The van der Waals surface area contributed by atoms with Gasteiger partial charge < -0.3 is 4.43 Å². The summed E-state index contributed by atoms with van der Waals surface area (Å²) < 4.78 is 6.14. The molecule has 0 aromatic rings. The van der Waals surface area contributed by atoms with Gasteiger partial charge in [-0.1, -0.05) is 32.9 Å². The summed E-state index contributed by atoms with van der Waals surface area (Å²) in [6, 6.07) is 0. The molecule has 0 aliphatic heterocycles. The van der Waals surface area contributed by atoms with Crippen LogP contribution in [0.15, 0.2) is 12.2 Å². The topological polar surface area (TPSA) is 9.23 Å². The Labute approximate surface area is 115 Å². The van der Waals surface area contributed by atoms with Gasteiger partial charge in [0.05, 0.1) is 0 Å². The van der Waals surface area contributed by atoms with Crippen LogP contribution in [0.25, 0.3) is 0 Å². The number of unbranched alkanes of at least 4 members (excludes halogenated alkanes) is 1. The van der Waals surface area contributed by atoms with Gasteiger partial charge >= 0.3 is 0 Å². The highest BCUT2D eigenvalue weighted by Gasteiger charge is 2.36. The van der Waals surface area contributed by atoms with Gasteiger partial charge in [-0.05, 0) is 43.8 Å². The molecule has 0 bridgehead atoms. The van der Waals surface area contributed by atoms with Crippen LogP contribution in [0.1, 0.15) is 52.9 Å². The third-order valence-electron chi connectivity index (χ3n) is 3.80. The van der Waals surface area contributed by atoms with Gasteiger partial charge in [-0.2, -0.15) is 0 Å². The van der Waals surface area contributed by atoms with Crippen LogP contribution in [0.4, 0.5) is 0 Å². The lowest BCUT2D eigenvalue weighted by atomic mass is 10.1. The molecule has 0 aliphatic carbocycles. The summed E-state index contributed by atoms with van der Waals surface area (Å²) in [6.07, 6.45) is 10.4. The second kappa shape index (κ2) is 7.81. The number of hydrogen-bond donors (Lipinski definition) is 0. The number of terminal acetylenes is 1. The Morgan fingerprint density at radius 2 is 1.78 bits per heavy atom. The van der Waals surface area contributed by atoms with Gasteiger partial charge in [0, 0.05) is 13.0 Å². The van der Waals surface area contributed by atoms with E-state index in [0.717, 1.165) is 38.7 Å². The Bertz CT molecular complexity index is 291. The molecule has 104 valence electrons. The van der Waals surface area contributed by atoms with Crippen molar-refractivity contribution in [1.82, 2.24) is 0 Å². The van der Waals surface area contributed by atoms with E-state index in [1.807, 2.05) is 0 Å². The van der Waals surface area contributed by atoms with Crippen molar-refractivity contribution in [2.75, 3.05) is 6.61 Å². The molecule has 18 heavy (non-hydrogen) atoms. The van der Waals surface area contributed by atoms with Gasteiger partial charge in [-0.25, -0.2) is 0 Å². The first-order valence-electron chi connectivity index (χ1n) is 6.95. The molecule has 0 aromatic carbocycles. The average Bonchev–Trinajstić information content (AvgIpc) is 2.23. The molecule has 0 radical (unpaired) electrons. The van der Waals surface area contributed by atoms with Crippen molar-refractivity contribution in [3.8, 4) is 12.3 Å². The number of rotatable bonds is 8. The van der Waals surface area contributed by atoms with E-state index in [2.05, 4.69) is 46.4 Å². The van der Waals surface area contributed by atoms with E-state index >= 15 is 0 Å². The fourth-order valence-electron chi connectivity index (χ4n) is 1.43. The monoisotopic (exact) mass is 266 g/mol. The van der Waals surface area contributed by atoms with E-state index in [1.54, 1.807) is 0 Å². The summed E-state index contributed by atoms with van der Waals surface area (Å²) in [7, 11) is -1.56. The first-order chi connectivity index (χ1) is 8.20. The van der Waals surface area contributed by atoms with Crippen molar-refractivity contribution in [2.24, 2.45) is 0 Å². The second-order valence-electron chi connectivity index (χ2n) is 6.52. The van der Waals surface area contributed by atoms with Crippen molar-refractivity contribution in [3.05, 3.63) is 12.2 Å². The predicted octanol–water partition coefficient (Wildman–Crippen LogP) is 5.15. The minimum absolute atomic E-state index is 0.302. The lowest BCUT2D eigenvalue weighted by Gasteiger charge is -2.36. The summed E-state index contributed by atoms with van der Waals surface area (Å²) in [6.45, 7) is 16.4. The van der Waals surface area contributed by atoms with E-state index in [9.17, 15) is 0 Å². The first kappa shape index (κ1) is 17.5. The minimum Gasteiger partial charge on any atom is -0.417 e. The van der Waals surface area contributed by atoms with E-state index in [-0.39, 0.29) is 0 Å². The molecule has 0 aliphatic rings. The normalized spacial score (nSPS) is 12.2. The molecule has 0 heterocycles. The molecular formula is C16H30OSi. The zero-order valence-corrected chi connectivity index (χ0v) is 13.9. The predicted molar refractivity (Wildman–Crippen MR) is 84.2 cm³/mol. The maximum atomic E-state index is 6.14. The van der Waals surface area contributed by atoms with Gasteiger partial charge in [0.2, 0.25) is 0 Å². The molecule has 0 atom stereocenters. The number of hydrogen-bond acceptors (Lipinski definition) is 1. The van der Waals surface area contributed by atoms with Crippen LogP contribution in [0, 0.1) is 12.3 Å². The van der Waals surface area contributed by atoms with Crippen molar-refractivity contribution >= 4 is 8.32 Å². The zero-order chi connectivity index (χ0) is 14.2. The Kier molecular flexibility index (Phi) is 7.59. The maximum Gasteiger partial charge on any atom is 0.191 e. The van der Waals surface area contributed by atoms with Crippen LogP contribution < -0.4 is 0 Å². The molecule has 1 nitrogen and oxygen atoms in total. The third kappa shape index (κ3) is 7.03. The maximum absolute atomic E-state index is 6.14. The Morgan fingerprint density at radius 3 is 2.28 bits per heavy atom. The molecular weight excluding hydrogens is 236 g/mol. The molecule has 0 spiro atoms. The summed E-state index contributed by atoms with van der Waals surface area (Å²) in [5, 5.41) is 0.302. The highest BCUT2D eigenvalue weighted by molar-refractivity contribution is 6.74. The molecule has 0 saturated carbocycles. The summed E-state index contributed by atoms with van der Waals surface area (Å²) in [5.74, 6) is 2.67. The highest BCUT2D eigenvalue weighted by Crippen LogP contribution is 2.36. The van der Waals surface area contributed by atoms with Gasteiger partial charge in [0.25, 0.3) is 0 Å². The van der Waals surface area contributed by atoms with E-state index in [0.29, 0.717) is 5.04 Å². The molecule has 0 amide bonds. The lowest BCUT2D eigenvalue weighted by Crippen LogP contribution is -2.40. The van der Waals surface area contributed by atoms with Crippen LogP contribution in [-0.4, -0.2) is 14.9 Å². The largest absolute Gasteiger partial charge is 0.417 e. The molecule has 2 heteroatoms. The Balaban J connectivity index is 3.75. The highest BCUT2D eigenvalue weighted by atomic mass is 28.4. The van der Waals surface area contributed by atoms with Gasteiger partial charge in [0.15, 0.2) is 8.32 Å². The van der Waals surface area contributed by atoms with Gasteiger partial charge in [-0.3, -0.25) is 0 Å². The van der Waals surface area contributed by atoms with Gasteiger partial charge in [0.1, 0.15) is 0 Å². The molecule has 0 saturated heterocycles. The van der Waals surface area contributed by atoms with Crippen molar-refractivity contribution < 1.29 is 4.43 Å². The number of allylic oxidation sites excluding steroid dienone is 1. The van der Waals surface area contributed by atoms with Gasteiger partial charge in [-0.15, -0.1) is 12.3 Å². The van der Waals surface area contributed by atoms with E-state index < -0.39 is 8.32 Å². The molecule has 0 aromatic heterocycles. The molecule has 0 rings (SSSR count). The SMILES string of the molecule is C#CCCCC(=C)CCCO[Si](C)(C)C(C)(C)C. The standard InChI is InChI=1S/C16H30OSi/c1-8-9-10-12-15(2)13-11-14-17-18(6,7)16(3,4)5/h1H,2,9-14H2,3-7H3.